The van der Waals surface area contributed by atoms with Crippen molar-refractivity contribution in [1.82, 2.24) is 0 Å². The number of carbonyl (C=O) groups excluding carboxylic acids is 2. The number of carbonyl (C=O) groups is 4. The number of hydrogen-bond donors (Lipinski definition) is 2. The average molecular weight is 294 g/mol. The normalized spacial score (nSPS) is 10.0. The van der Waals surface area contributed by atoms with E-state index >= 15 is 0 Å². The first-order valence-electron chi connectivity index (χ1n) is 5.08. The van der Waals surface area contributed by atoms with Crippen LogP contribution in [-0.2, 0) is 19.2 Å². The number of carboxylic acid groups (broad SMARTS) is 2. The summed E-state index contributed by atoms with van der Waals surface area (Å²) >= 11 is 2.22. The highest BCUT2D eigenvalue weighted by molar-refractivity contribution is 8.00. The lowest BCUT2D eigenvalue weighted by atomic mass is 10.3. The molecule has 18 heavy (non-hydrogen) atoms. The molecule has 0 aromatic rings. The molecular weight excluding hydrogens is 280 g/mol. The summed E-state index contributed by atoms with van der Waals surface area (Å²) in [5.41, 5.74) is 0. The van der Waals surface area contributed by atoms with E-state index in [-0.39, 0.29) is 24.3 Å². The Balaban J connectivity index is 3.60. The molecule has 0 aromatic carbocycles. The maximum absolute atomic E-state index is 11.3. The molecule has 0 unspecified atom stereocenters. The molecule has 0 radical (unpaired) electrons. The number of hydrogen-bond acceptors (Lipinski definition) is 6. The topological polar surface area (TPSA) is 109 Å². The van der Waals surface area contributed by atoms with E-state index < -0.39 is 23.5 Å². The van der Waals surface area contributed by atoms with Crippen molar-refractivity contribution < 1.29 is 29.4 Å². The summed E-state index contributed by atoms with van der Waals surface area (Å²) in [5, 5.41) is 16.7. The molecule has 102 valence electrons. The minimum atomic E-state index is -0.939. The van der Waals surface area contributed by atoms with Crippen molar-refractivity contribution in [3.05, 3.63) is 0 Å². The molecule has 0 saturated carbocycles. The Labute approximate surface area is 113 Å². The predicted octanol–water partition coefficient (Wildman–Crippen LogP) is 0.540. The second-order valence-electron chi connectivity index (χ2n) is 3.24. The van der Waals surface area contributed by atoms with Gasteiger partial charge in [0.25, 0.3) is 0 Å². The zero-order valence-corrected chi connectivity index (χ0v) is 11.2. The molecule has 0 aliphatic heterocycles. The maximum Gasteiger partial charge on any atom is 0.304 e. The standard InChI is InChI=1S/C10H14O6S2/c11-7(5-17-3-1-9(13)14)8(12)6-18-4-2-10(15)16/h1-6H2,(H,13,14)(H,15,16). The highest BCUT2D eigenvalue weighted by Crippen LogP contribution is 2.06. The number of Topliss-reactive ketones (excluding diaryl/α,β-unsaturated/α-hetero) is 2. The molecule has 6 nitrogen and oxygen atoms in total. The third kappa shape index (κ3) is 10.2. The third-order valence-electron chi connectivity index (χ3n) is 1.70. The molecule has 0 rings (SSSR count). The zero-order valence-electron chi connectivity index (χ0n) is 9.59. The van der Waals surface area contributed by atoms with E-state index in [9.17, 15) is 19.2 Å². The van der Waals surface area contributed by atoms with Gasteiger partial charge in [-0.3, -0.25) is 19.2 Å². The van der Waals surface area contributed by atoms with Crippen LogP contribution in [0.3, 0.4) is 0 Å². The van der Waals surface area contributed by atoms with Gasteiger partial charge < -0.3 is 10.2 Å². The first-order valence-corrected chi connectivity index (χ1v) is 7.39. The van der Waals surface area contributed by atoms with Gasteiger partial charge in [0.2, 0.25) is 11.6 Å². The molecule has 0 aliphatic rings. The van der Waals surface area contributed by atoms with Gasteiger partial charge in [-0.1, -0.05) is 0 Å². The molecule has 0 spiro atoms. The van der Waals surface area contributed by atoms with Gasteiger partial charge in [0.1, 0.15) is 0 Å². The second-order valence-corrected chi connectivity index (χ2v) is 5.45. The Hall–Kier alpha value is -1.02. The number of ketones is 2. The van der Waals surface area contributed by atoms with Crippen LogP contribution in [0.25, 0.3) is 0 Å². The molecule has 0 atom stereocenters. The Morgan fingerprint density at radius 1 is 0.722 bits per heavy atom. The lowest BCUT2D eigenvalue weighted by molar-refractivity contribution is -0.137. The van der Waals surface area contributed by atoms with Crippen LogP contribution in [0.5, 0.6) is 0 Å². The van der Waals surface area contributed by atoms with Crippen molar-refractivity contribution in [3.63, 3.8) is 0 Å². The maximum atomic E-state index is 11.3. The van der Waals surface area contributed by atoms with E-state index in [0.717, 1.165) is 23.5 Å². The van der Waals surface area contributed by atoms with Gasteiger partial charge in [-0.15, -0.1) is 0 Å². The summed E-state index contributed by atoms with van der Waals surface area (Å²) in [7, 11) is 0. The van der Waals surface area contributed by atoms with Crippen LogP contribution in [0, 0.1) is 0 Å². The molecule has 0 aliphatic carbocycles. The van der Waals surface area contributed by atoms with Crippen LogP contribution < -0.4 is 0 Å². The summed E-state index contributed by atoms with van der Waals surface area (Å²) < 4.78 is 0. The van der Waals surface area contributed by atoms with Crippen molar-refractivity contribution in [3.8, 4) is 0 Å². The van der Waals surface area contributed by atoms with Gasteiger partial charge in [0.05, 0.1) is 24.3 Å². The van der Waals surface area contributed by atoms with E-state index in [1.807, 2.05) is 0 Å². The van der Waals surface area contributed by atoms with Gasteiger partial charge >= 0.3 is 11.9 Å². The fraction of sp³-hybridized carbons (Fsp3) is 0.600. The second kappa shape index (κ2) is 9.95. The highest BCUT2D eigenvalue weighted by atomic mass is 32.2. The van der Waals surface area contributed by atoms with E-state index in [4.69, 9.17) is 10.2 Å². The number of rotatable bonds is 11. The Kier molecular flexibility index (Phi) is 9.39. The lowest BCUT2D eigenvalue weighted by Crippen LogP contribution is -2.19. The first kappa shape index (κ1) is 17.0. The van der Waals surface area contributed by atoms with Crippen LogP contribution in [0.1, 0.15) is 12.8 Å². The fourth-order valence-electron chi connectivity index (χ4n) is 0.810. The summed E-state index contributed by atoms with van der Waals surface area (Å²) in [5.74, 6) is -2.43. The van der Waals surface area contributed by atoms with Gasteiger partial charge in [-0.05, 0) is 0 Å². The van der Waals surface area contributed by atoms with Gasteiger partial charge in [0, 0.05) is 11.5 Å². The van der Waals surface area contributed by atoms with Crippen molar-refractivity contribution in [2.45, 2.75) is 12.8 Å². The van der Waals surface area contributed by atoms with E-state index in [0.29, 0.717) is 11.5 Å². The molecular formula is C10H14O6S2. The van der Waals surface area contributed by atoms with Gasteiger partial charge in [-0.25, -0.2) is 0 Å². The smallest absolute Gasteiger partial charge is 0.304 e. The summed E-state index contributed by atoms with van der Waals surface area (Å²) in [6.45, 7) is 0. The molecule has 0 fully saturated rings. The van der Waals surface area contributed by atoms with E-state index in [1.54, 1.807) is 0 Å². The summed E-state index contributed by atoms with van der Waals surface area (Å²) in [4.78, 5) is 42.9. The molecule has 2 N–H and O–H groups in total. The Bertz CT molecular complexity index is 296. The largest absolute Gasteiger partial charge is 0.481 e. The number of aliphatic carboxylic acids is 2. The predicted molar refractivity (Wildman–Crippen MR) is 69.2 cm³/mol. The Morgan fingerprint density at radius 2 is 1.06 bits per heavy atom. The number of carboxylic acids is 2. The number of thioether (sulfide) groups is 2. The van der Waals surface area contributed by atoms with Crippen LogP contribution in [0.2, 0.25) is 0 Å². The monoisotopic (exact) mass is 294 g/mol. The molecule has 0 aromatic heterocycles. The highest BCUT2D eigenvalue weighted by Gasteiger charge is 2.13. The first-order chi connectivity index (χ1) is 8.43. The van der Waals surface area contributed by atoms with Crippen LogP contribution >= 0.6 is 23.5 Å². The van der Waals surface area contributed by atoms with E-state index in [1.165, 1.54) is 0 Å². The lowest BCUT2D eigenvalue weighted by Gasteiger charge is -2.00. The van der Waals surface area contributed by atoms with Gasteiger partial charge in [-0.2, -0.15) is 23.5 Å². The molecule has 0 amide bonds. The molecule has 0 heterocycles. The van der Waals surface area contributed by atoms with Crippen molar-refractivity contribution in [2.75, 3.05) is 23.0 Å². The van der Waals surface area contributed by atoms with Crippen LogP contribution in [0.15, 0.2) is 0 Å². The molecule has 8 heteroatoms. The molecule has 0 bridgehead atoms. The minimum absolute atomic E-state index is 0.0222. The zero-order chi connectivity index (χ0) is 14.0. The third-order valence-corrected chi connectivity index (χ3v) is 3.62. The fourth-order valence-corrected chi connectivity index (χ4v) is 2.43. The summed E-state index contributed by atoms with van der Waals surface area (Å²) in [6.07, 6.45) is -0.0843. The van der Waals surface area contributed by atoms with Gasteiger partial charge in [0.15, 0.2) is 0 Å². The summed E-state index contributed by atoms with van der Waals surface area (Å²) in [6, 6.07) is 0. The molecule has 0 saturated heterocycles. The quantitative estimate of drug-likeness (QED) is 0.420. The van der Waals surface area contributed by atoms with Crippen LogP contribution in [-0.4, -0.2) is 56.7 Å². The Morgan fingerprint density at radius 3 is 1.33 bits per heavy atom. The van der Waals surface area contributed by atoms with Crippen molar-refractivity contribution in [1.29, 1.82) is 0 Å². The average Bonchev–Trinajstić information content (AvgIpc) is 2.29. The SMILES string of the molecule is O=C(O)CCSCC(=O)C(=O)CSCCC(=O)O. The minimum Gasteiger partial charge on any atom is -0.481 e. The van der Waals surface area contributed by atoms with Crippen molar-refractivity contribution in [2.24, 2.45) is 0 Å². The van der Waals surface area contributed by atoms with Crippen LogP contribution in [0.4, 0.5) is 0 Å². The van der Waals surface area contributed by atoms with Crippen molar-refractivity contribution >= 4 is 47.0 Å². The van der Waals surface area contributed by atoms with E-state index in [2.05, 4.69) is 0 Å².